The van der Waals surface area contributed by atoms with Gasteiger partial charge in [-0.15, -0.1) is 0 Å². The molecule has 0 saturated heterocycles. The minimum atomic E-state index is -0.453. The molecule has 0 fully saturated rings. The number of hydrogen-bond donors (Lipinski definition) is 2. The third-order valence-electron chi connectivity index (χ3n) is 6.22. The maximum absolute atomic E-state index is 13.2. The zero-order valence-corrected chi connectivity index (χ0v) is 22.0. The normalized spacial score (nSPS) is 13.7. The lowest BCUT2D eigenvalue weighted by atomic mass is 9.99. The summed E-state index contributed by atoms with van der Waals surface area (Å²) in [6.07, 6.45) is 0. The van der Waals surface area contributed by atoms with Gasteiger partial charge < -0.3 is 24.8 Å². The minimum absolute atomic E-state index is 0.237. The summed E-state index contributed by atoms with van der Waals surface area (Å²) in [6.45, 7) is 3.46. The number of methoxy groups -OCH3 is 2. The van der Waals surface area contributed by atoms with Crippen molar-refractivity contribution in [3.8, 4) is 0 Å². The van der Waals surface area contributed by atoms with Crippen LogP contribution in [0.2, 0.25) is 0 Å². The molecule has 0 aliphatic carbocycles. The fourth-order valence-electron chi connectivity index (χ4n) is 4.24. The van der Waals surface area contributed by atoms with Crippen LogP contribution in [0.5, 0.6) is 0 Å². The Morgan fingerprint density at radius 1 is 0.921 bits per heavy atom. The summed E-state index contributed by atoms with van der Waals surface area (Å²) in [6, 6.07) is 23.0. The monoisotopic (exact) mass is 515 g/mol. The molecule has 0 aromatic heterocycles. The Bertz CT molecular complexity index is 1290. The van der Waals surface area contributed by atoms with E-state index in [2.05, 4.69) is 34.7 Å². The predicted octanol–water partition coefficient (Wildman–Crippen LogP) is 4.50. The van der Waals surface area contributed by atoms with Crippen LogP contribution in [0.4, 0.5) is 11.4 Å². The van der Waals surface area contributed by atoms with Crippen molar-refractivity contribution < 1.29 is 23.8 Å². The number of anilines is 2. The topological polar surface area (TPSA) is 89.1 Å². The van der Waals surface area contributed by atoms with Crippen molar-refractivity contribution in [2.24, 2.45) is 0 Å². The molecule has 0 bridgehead atoms. The van der Waals surface area contributed by atoms with Crippen molar-refractivity contribution in [2.75, 3.05) is 58.3 Å². The summed E-state index contributed by atoms with van der Waals surface area (Å²) in [5.74, 6) is -0.690. The Labute approximate surface area is 223 Å². The standard InChI is InChI=1S/C30H33N3O5/c1-33(15-16-38-18-17-36-2)20-21-9-12-24(13-10-21)31-28(22-7-5-4-6-8-22)27-25-14-11-23(30(35)37-3)19-26(25)32-29(27)34/h4-14,19,31H,15-18,20H2,1-3H3,(H,32,34). The van der Waals surface area contributed by atoms with Gasteiger partial charge in [-0.3, -0.25) is 9.69 Å². The molecule has 0 saturated carbocycles. The van der Waals surface area contributed by atoms with Crippen LogP contribution in [0.1, 0.15) is 27.0 Å². The van der Waals surface area contributed by atoms with Crippen LogP contribution < -0.4 is 10.6 Å². The highest BCUT2D eigenvalue weighted by atomic mass is 16.5. The fourth-order valence-corrected chi connectivity index (χ4v) is 4.24. The lowest BCUT2D eigenvalue weighted by Gasteiger charge is -2.18. The van der Waals surface area contributed by atoms with Gasteiger partial charge in [0.15, 0.2) is 0 Å². The van der Waals surface area contributed by atoms with E-state index in [1.807, 2.05) is 42.5 Å². The molecule has 0 radical (unpaired) electrons. The number of likely N-dealkylation sites (N-methyl/N-ethyl adjacent to an activating group) is 1. The van der Waals surface area contributed by atoms with Crippen molar-refractivity contribution in [3.05, 3.63) is 95.1 Å². The third-order valence-corrected chi connectivity index (χ3v) is 6.22. The second kappa shape index (κ2) is 13.0. The molecule has 1 aliphatic heterocycles. The van der Waals surface area contributed by atoms with Crippen LogP contribution in [-0.4, -0.2) is 64.4 Å². The fraction of sp³-hybridized carbons (Fsp3) is 0.267. The first-order valence-electron chi connectivity index (χ1n) is 12.4. The molecule has 3 aromatic carbocycles. The molecule has 198 valence electrons. The molecule has 38 heavy (non-hydrogen) atoms. The SMILES string of the molecule is COCCOCCN(C)Cc1ccc(NC(=C2C(=O)Nc3cc(C(=O)OC)ccc32)c2ccccc2)cc1. The van der Waals surface area contributed by atoms with Gasteiger partial charge in [-0.2, -0.15) is 0 Å². The van der Waals surface area contributed by atoms with Gasteiger partial charge in [-0.25, -0.2) is 4.79 Å². The zero-order chi connectivity index (χ0) is 26.9. The average molecular weight is 516 g/mol. The number of nitrogens with zero attached hydrogens (tertiary/aromatic N) is 1. The molecule has 8 nitrogen and oxygen atoms in total. The van der Waals surface area contributed by atoms with Gasteiger partial charge in [-0.05, 0) is 42.4 Å². The third kappa shape index (κ3) is 6.66. The quantitative estimate of drug-likeness (QED) is 0.209. The molecule has 1 amide bonds. The molecule has 2 N–H and O–H groups in total. The minimum Gasteiger partial charge on any atom is -0.465 e. The number of rotatable bonds is 12. The number of carbonyl (C=O) groups excluding carboxylic acids is 2. The number of hydrogen-bond acceptors (Lipinski definition) is 7. The van der Waals surface area contributed by atoms with Gasteiger partial charge in [0.25, 0.3) is 5.91 Å². The van der Waals surface area contributed by atoms with Crippen LogP contribution in [0.3, 0.4) is 0 Å². The maximum Gasteiger partial charge on any atom is 0.337 e. The van der Waals surface area contributed by atoms with Crippen LogP contribution >= 0.6 is 0 Å². The number of fused-ring (bicyclic) bond motifs is 1. The van der Waals surface area contributed by atoms with Crippen molar-refractivity contribution >= 4 is 34.5 Å². The van der Waals surface area contributed by atoms with Crippen molar-refractivity contribution in [1.82, 2.24) is 4.90 Å². The number of benzene rings is 3. The van der Waals surface area contributed by atoms with Crippen LogP contribution in [0.15, 0.2) is 72.8 Å². The molecule has 3 aromatic rings. The van der Waals surface area contributed by atoms with Crippen molar-refractivity contribution in [1.29, 1.82) is 0 Å². The Morgan fingerprint density at radius 3 is 2.39 bits per heavy atom. The van der Waals surface area contributed by atoms with Crippen molar-refractivity contribution in [2.45, 2.75) is 6.54 Å². The van der Waals surface area contributed by atoms with Gasteiger partial charge in [0.1, 0.15) is 0 Å². The molecule has 0 spiro atoms. The van der Waals surface area contributed by atoms with E-state index in [0.717, 1.165) is 29.9 Å². The number of amides is 1. The first kappa shape index (κ1) is 27.1. The molecule has 0 atom stereocenters. The average Bonchev–Trinajstić information content (AvgIpc) is 3.27. The highest BCUT2D eigenvalue weighted by Gasteiger charge is 2.29. The maximum atomic E-state index is 13.2. The van der Waals surface area contributed by atoms with E-state index in [1.54, 1.807) is 25.3 Å². The summed E-state index contributed by atoms with van der Waals surface area (Å²) < 4.78 is 15.4. The highest BCUT2D eigenvalue weighted by Crippen LogP contribution is 2.38. The largest absolute Gasteiger partial charge is 0.465 e. The molecule has 8 heteroatoms. The first-order valence-corrected chi connectivity index (χ1v) is 12.4. The predicted molar refractivity (Wildman–Crippen MR) is 149 cm³/mol. The number of ether oxygens (including phenoxy) is 3. The first-order chi connectivity index (χ1) is 18.5. The lowest BCUT2D eigenvalue weighted by Crippen LogP contribution is -2.23. The smallest absolute Gasteiger partial charge is 0.337 e. The van der Waals surface area contributed by atoms with E-state index in [0.29, 0.717) is 42.3 Å². The van der Waals surface area contributed by atoms with E-state index >= 15 is 0 Å². The molecule has 1 heterocycles. The number of nitrogens with one attached hydrogen (secondary N) is 2. The van der Waals surface area contributed by atoms with Crippen LogP contribution in [-0.2, 0) is 25.5 Å². The summed E-state index contributed by atoms with van der Waals surface area (Å²) in [7, 11) is 5.06. The van der Waals surface area contributed by atoms with Gasteiger partial charge >= 0.3 is 5.97 Å². The Morgan fingerprint density at radius 2 is 1.68 bits per heavy atom. The molecule has 0 unspecified atom stereocenters. The van der Waals surface area contributed by atoms with Crippen molar-refractivity contribution in [3.63, 3.8) is 0 Å². The van der Waals surface area contributed by atoms with Gasteiger partial charge in [0, 0.05) is 31.5 Å². The van der Waals surface area contributed by atoms with E-state index in [9.17, 15) is 9.59 Å². The van der Waals surface area contributed by atoms with E-state index in [-0.39, 0.29) is 5.91 Å². The van der Waals surface area contributed by atoms with Crippen LogP contribution in [0, 0.1) is 0 Å². The Kier molecular flexibility index (Phi) is 9.26. The van der Waals surface area contributed by atoms with Gasteiger partial charge in [-0.1, -0.05) is 48.5 Å². The molecule has 1 aliphatic rings. The number of esters is 1. The zero-order valence-electron chi connectivity index (χ0n) is 22.0. The lowest BCUT2D eigenvalue weighted by molar-refractivity contribution is -0.110. The second-order valence-electron chi connectivity index (χ2n) is 8.99. The summed E-state index contributed by atoms with van der Waals surface area (Å²) in [5.41, 5.74) is 5.78. The summed E-state index contributed by atoms with van der Waals surface area (Å²) in [5, 5.41) is 6.37. The molecular weight excluding hydrogens is 482 g/mol. The second-order valence-corrected chi connectivity index (χ2v) is 8.99. The Hall–Kier alpha value is -3.98. The van der Waals surface area contributed by atoms with Crippen LogP contribution in [0.25, 0.3) is 11.3 Å². The van der Waals surface area contributed by atoms with E-state index in [4.69, 9.17) is 14.2 Å². The van der Waals surface area contributed by atoms with Gasteiger partial charge in [0.2, 0.25) is 0 Å². The van der Waals surface area contributed by atoms with E-state index in [1.165, 1.54) is 12.7 Å². The summed E-state index contributed by atoms with van der Waals surface area (Å²) in [4.78, 5) is 27.3. The molecular formula is C30H33N3O5. The highest BCUT2D eigenvalue weighted by molar-refractivity contribution is 6.37. The Balaban J connectivity index is 1.55. The molecule has 4 rings (SSSR count). The number of carbonyl (C=O) groups is 2. The van der Waals surface area contributed by atoms with Gasteiger partial charge in [0.05, 0.1) is 49.5 Å². The van der Waals surface area contributed by atoms with E-state index < -0.39 is 5.97 Å². The summed E-state index contributed by atoms with van der Waals surface area (Å²) >= 11 is 0.